The molecule has 0 atom stereocenters. The summed E-state index contributed by atoms with van der Waals surface area (Å²) in [6.45, 7) is 2.66. The molecule has 76 valence electrons. The highest BCUT2D eigenvalue weighted by Crippen LogP contribution is 2.15. The van der Waals surface area contributed by atoms with Crippen LogP contribution < -0.4 is 5.32 Å². The van der Waals surface area contributed by atoms with Gasteiger partial charge in [0.1, 0.15) is 5.82 Å². The Hall–Kier alpha value is -1.75. The van der Waals surface area contributed by atoms with Crippen molar-refractivity contribution in [1.29, 1.82) is 0 Å². The van der Waals surface area contributed by atoms with Crippen LogP contribution in [-0.2, 0) is 13.1 Å². The fraction of sp³-hybridized carbons (Fsp3) is 0.300. The van der Waals surface area contributed by atoms with Gasteiger partial charge >= 0.3 is 0 Å². The maximum Gasteiger partial charge on any atom is 0.181 e. The number of fused-ring (bicyclic) bond motifs is 1. The van der Waals surface area contributed by atoms with E-state index in [1.165, 1.54) is 0 Å². The van der Waals surface area contributed by atoms with Gasteiger partial charge in [-0.2, -0.15) is 5.10 Å². The van der Waals surface area contributed by atoms with Crippen molar-refractivity contribution in [1.82, 2.24) is 25.1 Å². The summed E-state index contributed by atoms with van der Waals surface area (Å²) in [5, 5.41) is 7.73. The number of hydrogen-bond acceptors (Lipinski definition) is 4. The number of pyridine rings is 1. The maximum absolute atomic E-state index is 4.48. The molecular weight excluding hydrogens is 190 g/mol. The van der Waals surface area contributed by atoms with Crippen LogP contribution in [0.1, 0.15) is 5.82 Å². The molecule has 0 unspecified atom stereocenters. The molecule has 15 heavy (non-hydrogen) atoms. The van der Waals surface area contributed by atoms with Gasteiger partial charge in [-0.3, -0.25) is 4.98 Å². The van der Waals surface area contributed by atoms with E-state index in [0.29, 0.717) is 0 Å². The van der Waals surface area contributed by atoms with Gasteiger partial charge in [0, 0.05) is 24.5 Å². The normalized spacial score (nSPS) is 14.9. The van der Waals surface area contributed by atoms with Crippen LogP contribution in [0.2, 0.25) is 0 Å². The Balaban J connectivity index is 2.03. The monoisotopic (exact) mass is 201 g/mol. The summed E-state index contributed by atoms with van der Waals surface area (Å²) >= 11 is 0. The quantitative estimate of drug-likeness (QED) is 0.727. The van der Waals surface area contributed by atoms with Gasteiger partial charge in [0.15, 0.2) is 5.82 Å². The third kappa shape index (κ3) is 1.50. The average molecular weight is 201 g/mol. The van der Waals surface area contributed by atoms with E-state index in [1.807, 2.05) is 16.8 Å². The van der Waals surface area contributed by atoms with Gasteiger partial charge < -0.3 is 5.32 Å². The average Bonchev–Trinajstić information content (AvgIpc) is 2.74. The van der Waals surface area contributed by atoms with Gasteiger partial charge in [-0.1, -0.05) is 0 Å². The molecule has 5 heteroatoms. The van der Waals surface area contributed by atoms with Crippen LogP contribution in [0.4, 0.5) is 0 Å². The van der Waals surface area contributed by atoms with Crippen molar-refractivity contribution in [2.24, 2.45) is 0 Å². The van der Waals surface area contributed by atoms with Crippen molar-refractivity contribution >= 4 is 0 Å². The topological polar surface area (TPSA) is 55.6 Å². The summed E-state index contributed by atoms with van der Waals surface area (Å²) in [6, 6.07) is 3.85. The van der Waals surface area contributed by atoms with E-state index in [4.69, 9.17) is 0 Å². The van der Waals surface area contributed by atoms with Crippen molar-refractivity contribution in [3.05, 3.63) is 30.4 Å². The first-order chi connectivity index (χ1) is 7.43. The highest BCUT2D eigenvalue weighted by molar-refractivity contribution is 5.53. The standard InChI is InChI=1S/C10H11N5/c1-3-11-4-2-8(1)10-13-9-7-12-5-6-15(9)14-10/h1-4,12H,5-7H2. The summed E-state index contributed by atoms with van der Waals surface area (Å²) in [5.41, 5.74) is 1.02. The Labute approximate surface area is 87.2 Å². The Bertz CT molecular complexity index is 438. The molecule has 2 aromatic heterocycles. The maximum atomic E-state index is 4.48. The second-order valence-corrected chi connectivity index (χ2v) is 3.49. The van der Waals surface area contributed by atoms with Gasteiger partial charge in [0.25, 0.3) is 0 Å². The smallest absolute Gasteiger partial charge is 0.181 e. The van der Waals surface area contributed by atoms with Gasteiger partial charge in [-0.05, 0) is 12.1 Å². The highest BCUT2D eigenvalue weighted by Gasteiger charge is 2.13. The fourth-order valence-corrected chi connectivity index (χ4v) is 1.69. The van der Waals surface area contributed by atoms with Gasteiger partial charge in [-0.25, -0.2) is 9.67 Å². The van der Waals surface area contributed by atoms with Gasteiger partial charge in [-0.15, -0.1) is 0 Å². The molecule has 0 bridgehead atoms. The minimum absolute atomic E-state index is 0.788. The zero-order valence-corrected chi connectivity index (χ0v) is 8.22. The number of aromatic nitrogens is 4. The summed E-state index contributed by atoms with van der Waals surface area (Å²) in [7, 11) is 0. The van der Waals surface area contributed by atoms with E-state index in [-0.39, 0.29) is 0 Å². The SMILES string of the molecule is c1cc(-c2nc3n(n2)CCNC3)ccn1. The molecule has 1 aliphatic heterocycles. The Morgan fingerprint density at radius 1 is 1.27 bits per heavy atom. The number of hydrogen-bond donors (Lipinski definition) is 1. The van der Waals surface area contributed by atoms with Gasteiger partial charge in [0.2, 0.25) is 0 Å². The van der Waals surface area contributed by atoms with E-state index in [0.717, 1.165) is 36.8 Å². The van der Waals surface area contributed by atoms with Crippen LogP contribution >= 0.6 is 0 Å². The van der Waals surface area contributed by atoms with Crippen molar-refractivity contribution in [2.45, 2.75) is 13.1 Å². The molecule has 0 radical (unpaired) electrons. The molecule has 0 spiro atoms. The lowest BCUT2D eigenvalue weighted by atomic mass is 10.2. The first-order valence-corrected chi connectivity index (χ1v) is 4.98. The van der Waals surface area contributed by atoms with Crippen molar-refractivity contribution in [2.75, 3.05) is 6.54 Å². The molecule has 5 nitrogen and oxygen atoms in total. The molecule has 3 rings (SSSR count). The minimum Gasteiger partial charge on any atom is -0.308 e. The van der Waals surface area contributed by atoms with E-state index in [1.54, 1.807) is 12.4 Å². The molecule has 0 saturated carbocycles. The summed E-state index contributed by atoms with van der Waals surface area (Å²) in [5.74, 6) is 1.80. The van der Waals surface area contributed by atoms with Crippen molar-refractivity contribution in [3.63, 3.8) is 0 Å². The number of nitrogens with zero attached hydrogens (tertiary/aromatic N) is 4. The van der Waals surface area contributed by atoms with Crippen LogP contribution in [0.5, 0.6) is 0 Å². The highest BCUT2D eigenvalue weighted by atomic mass is 15.4. The van der Waals surface area contributed by atoms with Crippen molar-refractivity contribution < 1.29 is 0 Å². The lowest BCUT2D eigenvalue weighted by Gasteiger charge is -2.11. The Morgan fingerprint density at radius 3 is 2.93 bits per heavy atom. The molecule has 0 fully saturated rings. The fourth-order valence-electron chi connectivity index (χ4n) is 1.69. The molecule has 0 aromatic carbocycles. The summed E-state index contributed by atoms with van der Waals surface area (Å²) in [6.07, 6.45) is 3.52. The molecule has 0 amide bonds. The molecule has 2 aromatic rings. The predicted octanol–water partition coefficient (Wildman–Crippen LogP) is 0.443. The van der Waals surface area contributed by atoms with Crippen LogP contribution in [0.3, 0.4) is 0 Å². The Kier molecular flexibility index (Phi) is 1.96. The molecule has 1 N–H and O–H groups in total. The molecule has 0 aliphatic carbocycles. The Morgan fingerprint density at radius 2 is 2.13 bits per heavy atom. The first kappa shape index (κ1) is 8.55. The lowest BCUT2D eigenvalue weighted by molar-refractivity contribution is 0.469. The molecule has 0 saturated heterocycles. The third-order valence-corrected chi connectivity index (χ3v) is 2.47. The van der Waals surface area contributed by atoms with Crippen molar-refractivity contribution in [3.8, 4) is 11.4 Å². The zero-order valence-electron chi connectivity index (χ0n) is 8.22. The van der Waals surface area contributed by atoms with Crippen LogP contribution in [0, 0.1) is 0 Å². The molecule has 1 aliphatic rings. The van der Waals surface area contributed by atoms with Crippen LogP contribution in [0.15, 0.2) is 24.5 Å². The van der Waals surface area contributed by atoms with E-state index in [9.17, 15) is 0 Å². The predicted molar refractivity (Wildman–Crippen MR) is 55.0 cm³/mol. The minimum atomic E-state index is 0.788. The van der Waals surface area contributed by atoms with Crippen LogP contribution in [-0.4, -0.2) is 26.3 Å². The summed E-state index contributed by atoms with van der Waals surface area (Å²) in [4.78, 5) is 8.46. The van der Waals surface area contributed by atoms with E-state index >= 15 is 0 Å². The van der Waals surface area contributed by atoms with Crippen LogP contribution in [0.25, 0.3) is 11.4 Å². The zero-order chi connectivity index (χ0) is 10.1. The second-order valence-electron chi connectivity index (χ2n) is 3.49. The third-order valence-electron chi connectivity index (χ3n) is 2.47. The molecule has 3 heterocycles. The van der Waals surface area contributed by atoms with E-state index < -0.39 is 0 Å². The number of rotatable bonds is 1. The van der Waals surface area contributed by atoms with Gasteiger partial charge in [0.05, 0.1) is 13.1 Å². The second kappa shape index (κ2) is 3.43. The van der Waals surface area contributed by atoms with E-state index in [2.05, 4.69) is 20.4 Å². The lowest BCUT2D eigenvalue weighted by Crippen LogP contribution is -2.28. The first-order valence-electron chi connectivity index (χ1n) is 4.98. The molecular formula is C10H11N5. The summed E-state index contributed by atoms with van der Waals surface area (Å²) < 4.78 is 1.96. The number of nitrogens with one attached hydrogen (secondary N) is 1. The largest absolute Gasteiger partial charge is 0.308 e.